The molecule has 0 N–H and O–H groups in total. The predicted octanol–water partition coefficient (Wildman–Crippen LogP) is 6.41. The number of hydrogen-bond acceptors (Lipinski definition) is 1. The van der Waals surface area contributed by atoms with Crippen LogP contribution >= 0.6 is 0 Å². The normalized spacial score (nSPS) is 16.0. The number of aromatic nitrogens is 2. The van der Waals surface area contributed by atoms with Gasteiger partial charge in [0.25, 0.3) is 0 Å². The van der Waals surface area contributed by atoms with Crippen LogP contribution in [0.2, 0.25) is 0 Å². The SMILES string of the molecule is Cc1c2c(cc3cc[n+](C)c13)oc1cc(C3CCCCC3)cc3ccn(C)c2c31. The predicted molar refractivity (Wildman–Crippen MR) is 119 cm³/mol. The summed E-state index contributed by atoms with van der Waals surface area (Å²) in [7, 11) is 4.27. The molecule has 3 heterocycles. The lowest BCUT2D eigenvalue weighted by Crippen LogP contribution is -2.25. The van der Waals surface area contributed by atoms with E-state index >= 15 is 0 Å². The molecular weight excluding hydrogens is 356 g/mol. The molecule has 3 heteroatoms. The third kappa shape index (κ3) is 2.40. The van der Waals surface area contributed by atoms with E-state index in [1.807, 2.05) is 0 Å². The lowest BCUT2D eigenvalue weighted by molar-refractivity contribution is -0.642. The van der Waals surface area contributed by atoms with Crippen LogP contribution < -0.4 is 4.57 Å². The van der Waals surface area contributed by atoms with Crippen LogP contribution in [0.25, 0.3) is 43.7 Å². The fourth-order valence-corrected chi connectivity index (χ4v) is 5.70. The fraction of sp³-hybridized carbons (Fsp3) is 0.346. The van der Waals surface area contributed by atoms with Gasteiger partial charge in [-0.25, -0.2) is 4.57 Å². The molecule has 0 amide bonds. The first-order valence-electron chi connectivity index (χ1n) is 10.8. The molecule has 5 aromatic rings. The highest BCUT2D eigenvalue weighted by atomic mass is 16.3. The third-order valence-corrected chi connectivity index (χ3v) is 7.12. The van der Waals surface area contributed by atoms with E-state index in [1.54, 1.807) is 0 Å². The third-order valence-electron chi connectivity index (χ3n) is 7.12. The van der Waals surface area contributed by atoms with E-state index in [9.17, 15) is 0 Å². The van der Waals surface area contributed by atoms with Crippen LogP contribution in [0, 0.1) is 6.92 Å². The Kier molecular flexibility index (Phi) is 3.59. The molecular formula is C26H27N2O+. The first-order chi connectivity index (χ1) is 14.1. The van der Waals surface area contributed by atoms with Gasteiger partial charge in [-0.1, -0.05) is 25.3 Å². The van der Waals surface area contributed by atoms with Crippen molar-refractivity contribution < 1.29 is 8.98 Å². The van der Waals surface area contributed by atoms with E-state index in [0.717, 1.165) is 11.2 Å². The van der Waals surface area contributed by atoms with E-state index in [-0.39, 0.29) is 0 Å². The highest BCUT2D eigenvalue weighted by molar-refractivity contribution is 6.18. The van der Waals surface area contributed by atoms with E-state index in [1.165, 1.54) is 75.8 Å². The van der Waals surface area contributed by atoms with Gasteiger partial charge in [-0.15, -0.1) is 0 Å². The summed E-state index contributed by atoms with van der Waals surface area (Å²) in [5, 5.41) is 5.02. The molecule has 1 saturated carbocycles. The monoisotopic (exact) mass is 383 g/mol. The average Bonchev–Trinajstić information content (AvgIpc) is 3.11. The zero-order valence-electron chi connectivity index (χ0n) is 17.5. The van der Waals surface area contributed by atoms with Crippen LogP contribution in [0.4, 0.5) is 0 Å². The lowest BCUT2D eigenvalue weighted by atomic mass is 9.83. The minimum atomic E-state index is 0.671. The average molecular weight is 384 g/mol. The van der Waals surface area contributed by atoms with Gasteiger partial charge in [0.15, 0.2) is 6.20 Å². The van der Waals surface area contributed by atoms with Crippen LogP contribution in [0.15, 0.2) is 47.1 Å². The van der Waals surface area contributed by atoms with E-state index in [0.29, 0.717) is 5.92 Å². The van der Waals surface area contributed by atoms with Gasteiger partial charge in [0.1, 0.15) is 18.2 Å². The van der Waals surface area contributed by atoms with Gasteiger partial charge in [0.05, 0.1) is 16.3 Å². The van der Waals surface area contributed by atoms with Gasteiger partial charge in [-0.3, -0.25) is 0 Å². The molecule has 1 aliphatic carbocycles. The Bertz CT molecular complexity index is 1410. The van der Waals surface area contributed by atoms with Crippen molar-refractivity contribution in [3.63, 3.8) is 0 Å². The van der Waals surface area contributed by atoms with Crippen molar-refractivity contribution in [1.29, 1.82) is 0 Å². The molecule has 0 atom stereocenters. The van der Waals surface area contributed by atoms with Crippen LogP contribution in [0.3, 0.4) is 0 Å². The molecule has 0 radical (unpaired) electrons. The molecule has 2 aromatic carbocycles. The topological polar surface area (TPSA) is 21.9 Å². The van der Waals surface area contributed by atoms with Crippen molar-refractivity contribution in [3.8, 4) is 0 Å². The summed E-state index contributed by atoms with van der Waals surface area (Å²) in [6.07, 6.45) is 11.0. The molecule has 0 bridgehead atoms. The standard InChI is InChI=1S/C26H27N2O/c1-16-23-21(14-19-10-12-27(2)25(16)19)29-22-15-20(17-7-5-4-6-8-17)13-18-9-11-28(3)26(23)24(18)22/h9-15,17H,4-8H2,1-3H3/q+1. The van der Waals surface area contributed by atoms with Gasteiger partial charge in [0, 0.05) is 30.3 Å². The lowest BCUT2D eigenvalue weighted by Gasteiger charge is -2.23. The first-order valence-corrected chi connectivity index (χ1v) is 10.8. The second-order valence-corrected chi connectivity index (χ2v) is 8.93. The molecule has 0 unspecified atom stereocenters. The summed E-state index contributed by atoms with van der Waals surface area (Å²) < 4.78 is 11.1. The Morgan fingerprint density at radius 1 is 0.966 bits per heavy atom. The summed E-state index contributed by atoms with van der Waals surface area (Å²) in [5.74, 6) is 0.671. The fourth-order valence-electron chi connectivity index (χ4n) is 5.70. The quantitative estimate of drug-likeness (QED) is 0.186. The van der Waals surface area contributed by atoms with Crippen LogP contribution in [-0.2, 0) is 14.1 Å². The zero-order valence-corrected chi connectivity index (χ0v) is 17.5. The summed E-state index contributed by atoms with van der Waals surface area (Å²) in [5.41, 5.74) is 7.30. The van der Waals surface area contributed by atoms with Crippen molar-refractivity contribution >= 4 is 43.7 Å². The molecule has 3 aromatic heterocycles. The van der Waals surface area contributed by atoms with Gasteiger partial charge in [-0.2, -0.15) is 0 Å². The molecule has 3 nitrogen and oxygen atoms in total. The van der Waals surface area contributed by atoms with Gasteiger partial charge in [0.2, 0.25) is 5.52 Å². The van der Waals surface area contributed by atoms with Crippen molar-refractivity contribution in [2.75, 3.05) is 0 Å². The maximum atomic E-state index is 6.61. The molecule has 6 rings (SSSR count). The number of benzene rings is 2. The second-order valence-electron chi connectivity index (χ2n) is 8.93. The minimum absolute atomic E-state index is 0.671. The molecule has 146 valence electrons. The molecule has 1 fully saturated rings. The summed E-state index contributed by atoms with van der Waals surface area (Å²) in [6.45, 7) is 2.23. The van der Waals surface area contributed by atoms with E-state index < -0.39 is 0 Å². The minimum Gasteiger partial charge on any atom is -0.456 e. The van der Waals surface area contributed by atoms with Gasteiger partial charge >= 0.3 is 0 Å². The van der Waals surface area contributed by atoms with Crippen molar-refractivity contribution in [2.45, 2.75) is 44.9 Å². The zero-order chi connectivity index (χ0) is 19.7. The maximum Gasteiger partial charge on any atom is 0.216 e. The highest BCUT2D eigenvalue weighted by Crippen LogP contribution is 2.40. The largest absolute Gasteiger partial charge is 0.456 e. The number of pyridine rings is 1. The number of rotatable bonds is 1. The summed E-state index contributed by atoms with van der Waals surface area (Å²) in [4.78, 5) is 0. The van der Waals surface area contributed by atoms with Crippen LogP contribution in [0.5, 0.6) is 0 Å². The van der Waals surface area contributed by atoms with Crippen LogP contribution in [0.1, 0.15) is 49.1 Å². The number of fused-ring (bicyclic) bond motifs is 3. The van der Waals surface area contributed by atoms with Gasteiger partial charge in [-0.05, 0) is 54.8 Å². The Morgan fingerprint density at radius 3 is 2.59 bits per heavy atom. The number of aryl methyl sites for hydroxylation is 3. The first kappa shape index (κ1) is 17.1. The Labute approximate surface area is 170 Å². The molecule has 0 spiro atoms. The highest BCUT2D eigenvalue weighted by Gasteiger charge is 2.22. The van der Waals surface area contributed by atoms with Gasteiger partial charge < -0.3 is 8.98 Å². The smallest absolute Gasteiger partial charge is 0.216 e. The van der Waals surface area contributed by atoms with E-state index in [2.05, 4.69) is 72.9 Å². The maximum absolute atomic E-state index is 6.61. The summed E-state index contributed by atoms with van der Waals surface area (Å²) >= 11 is 0. The number of hydrogen-bond donors (Lipinski definition) is 0. The molecule has 29 heavy (non-hydrogen) atoms. The van der Waals surface area contributed by atoms with E-state index in [4.69, 9.17) is 4.42 Å². The second kappa shape index (κ2) is 6.09. The molecule has 0 aliphatic heterocycles. The molecule has 1 aliphatic rings. The Balaban J connectivity index is 1.76. The molecule has 0 saturated heterocycles. The summed E-state index contributed by atoms with van der Waals surface area (Å²) in [6, 6.07) is 11.4. The van der Waals surface area contributed by atoms with Crippen LogP contribution in [-0.4, -0.2) is 4.57 Å². The van der Waals surface area contributed by atoms with Crippen molar-refractivity contribution in [1.82, 2.24) is 4.57 Å². The Hall–Kier alpha value is -2.81. The van der Waals surface area contributed by atoms with Crippen molar-refractivity contribution in [3.05, 3.63) is 53.9 Å². The number of nitrogens with zero attached hydrogens (tertiary/aromatic N) is 2. The van der Waals surface area contributed by atoms with Crippen molar-refractivity contribution in [2.24, 2.45) is 14.1 Å². The Morgan fingerprint density at radius 2 is 1.76 bits per heavy atom.